The zero-order valence-corrected chi connectivity index (χ0v) is 7.70. The molecule has 0 saturated carbocycles. The van der Waals surface area contributed by atoms with Gasteiger partial charge in [0.1, 0.15) is 5.75 Å². The van der Waals surface area contributed by atoms with Crippen molar-refractivity contribution >= 4 is 6.29 Å². The SMILES string of the molecule is CC.COc1ccccc1C=O. The molecule has 1 aromatic carbocycles. The summed E-state index contributed by atoms with van der Waals surface area (Å²) in [5.74, 6) is 0.623. The van der Waals surface area contributed by atoms with E-state index >= 15 is 0 Å². The quantitative estimate of drug-likeness (QED) is 0.631. The molecule has 0 aliphatic rings. The van der Waals surface area contributed by atoms with Gasteiger partial charge in [-0.15, -0.1) is 0 Å². The summed E-state index contributed by atoms with van der Waals surface area (Å²) in [6, 6.07) is 7.09. The Kier molecular flexibility index (Phi) is 5.70. The van der Waals surface area contributed by atoms with E-state index in [2.05, 4.69) is 0 Å². The molecule has 12 heavy (non-hydrogen) atoms. The van der Waals surface area contributed by atoms with Crippen molar-refractivity contribution in [3.63, 3.8) is 0 Å². The number of hydrogen-bond donors (Lipinski definition) is 0. The lowest BCUT2D eigenvalue weighted by molar-refractivity contribution is 0.112. The number of rotatable bonds is 2. The Labute approximate surface area is 73.2 Å². The van der Waals surface area contributed by atoms with Crippen LogP contribution in [0.5, 0.6) is 5.75 Å². The lowest BCUT2D eigenvalue weighted by atomic mass is 10.2. The lowest BCUT2D eigenvalue weighted by Gasteiger charge is -1.99. The first-order valence-electron chi connectivity index (χ1n) is 3.96. The summed E-state index contributed by atoms with van der Waals surface area (Å²) in [5.41, 5.74) is 0.588. The Morgan fingerprint density at radius 2 is 1.83 bits per heavy atom. The number of carbonyl (C=O) groups excluding carboxylic acids is 1. The smallest absolute Gasteiger partial charge is 0.153 e. The van der Waals surface area contributed by atoms with Crippen molar-refractivity contribution in [1.82, 2.24) is 0 Å². The topological polar surface area (TPSA) is 26.3 Å². The zero-order chi connectivity index (χ0) is 9.40. The third-order valence-electron chi connectivity index (χ3n) is 1.27. The second-order valence-electron chi connectivity index (χ2n) is 1.86. The molecule has 66 valence electrons. The first kappa shape index (κ1) is 10.7. The maximum Gasteiger partial charge on any atom is 0.153 e. The van der Waals surface area contributed by atoms with Gasteiger partial charge in [-0.2, -0.15) is 0 Å². The van der Waals surface area contributed by atoms with Gasteiger partial charge in [-0.25, -0.2) is 0 Å². The first-order valence-corrected chi connectivity index (χ1v) is 3.96. The molecule has 0 aliphatic carbocycles. The van der Waals surface area contributed by atoms with Crippen LogP contribution in [0.3, 0.4) is 0 Å². The van der Waals surface area contributed by atoms with Crippen LogP contribution < -0.4 is 4.74 Å². The van der Waals surface area contributed by atoms with E-state index < -0.39 is 0 Å². The molecule has 0 spiro atoms. The number of hydrogen-bond acceptors (Lipinski definition) is 2. The van der Waals surface area contributed by atoms with Gasteiger partial charge in [-0.05, 0) is 12.1 Å². The molecule has 1 aromatic rings. The highest BCUT2D eigenvalue weighted by molar-refractivity contribution is 5.79. The Hall–Kier alpha value is -1.31. The minimum atomic E-state index is 0.588. The monoisotopic (exact) mass is 166 g/mol. The molecule has 1 rings (SSSR count). The summed E-state index contributed by atoms with van der Waals surface area (Å²) in [4.78, 5) is 10.3. The van der Waals surface area contributed by atoms with Gasteiger partial charge in [0.15, 0.2) is 6.29 Å². The maximum absolute atomic E-state index is 10.3. The van der Waals surface area contributed by atoms with Gasteiger partial charge in [0, 0.05) is 0 Å². The summed E-state index contributed by atoms with van der Waals surface area (Å²) in [7, 11) is 1.54. The molecule has 0 radical (unpaired) electrons. The number of carbonyl (C=O) groups is 1. The van der Waals surface area contributed by atoms with Gasteiger partial charge in [0.05, 0.1) is 12.7 Å². The van der Waals surface area contributed by atoms with Crippen LogP contribution in [-0.2, 0) is 0 Å². The summed E-state index contributed by atoms with van der Waals surface area (Å²) < 4.78 is 4.90. The van der Waals surface area contributed by atoms with Crippen molar-refractivity contribution in [3.8, 4) is 5.75 Å². The van der Waals surface area contributed by atoms with E-state index in [-0.39, 0.29) is 0 Å². The predicted molar refractivity (Wildman–Crippen MR) is 49.7 cm³/mol. The van der Waals surface area contributed by atoms with E-state index in [1.807, 2.05) is 19.9 Å². The minimum Gasteiger partial charge on any atom is -0.496 e. The fourth-order valence-corrected chi connectivity index (χ4v) is 0.764. The third-order valence-corrected chi connectivity index (χ3v) is 1.27. The van der Waals surface area contributed by atoms with Crippen molar-refractivity contribution < 1.29 is 9.53 Å². The normalized spacial score (nSPS) is 7.92. The molecule has 2 nitrogen and oxygen atoms in total. The standard InChI is InChI=1S/C8H8O2.C2H6/c1-10-8-5-3-2-4-7(8)6-9;1-2/h2-6H,1H3;1-2H3. The minimum absolute atomic E-state index is 0.588. The van der Waals surface area contributed by atoms with Crippen LogP contribution in [0, 0.1) is 0 Å². The van der Waals surface area contributed by atoms with E-state index in [1.54, 1.807) is 25.3 Å². The van der Waals surface area contributed by atoms with Gasteiger partial charge >= 0.3 is 0 Å². The second kappa shape index (κ2) is 6.40. The number of benzene rings is 1. The van der Waals surface area contributed by atoms with Crippen LogP contribution in [0.15, 0.2) is 24.3 Å². The van der Waals surface area contributed by atoms with E-state index in [0.717, 1.165) is 6.29 Å². The summed E-state index contributed by atoms with van der Waals surface area (Å²) in [5, 5.41) is 0. The highest BCUT2D eigenvalue weighted by Gasteiger charge is 1.96. The number of methoxy groups -OCH3 is 1. The molecule has 2 heteroatoms. The molecule has 0 unspecified atom stereocenters. The third kappa shape index (κ3) is 2.74. The Bertz CT molecular complexity index is 231. The van der Waals surface area contributed by atoms with Crippen LogP contribution in [-0.4, -0.2) is 13.4 Å². The van der Waals surface area contributed by atoms with Gasteiger partial charge in [-0.1, -0.05) is 26.0 Å². The fraction of sp³-hybridized carbons (Fsp3) is 0.300. The Morgan fingerprint density at radius 1 is 1.25 bits per heavy atom. The number of ether oxygens (including phenoxy) is 1. The van der Waals surface area contributed by atoms with Gasteiger partial charge in [0.25, 0.3) is 0 Å². The van der Waals surface area contributed by atoms with Crippen molar-refractivity contribution in [2.45, 2.75) is 13.8 Å². The molecule has 0 bridgehead atoms. The van der Waals surface area contributed by atoms with Crippen molar-refractivity contribution in [2.75, 3.05) is 7.11 Å². The van der Waals surface area contributed by atoms with Crippen molar-refractivity contribution in [3.05, 3.63) is 29.8 Å². The average Bonchev–Trinajstić information content (AvgIpc) is 2.20. The predicted octanol–water partition coefficient (Wildman–Crippen LogP) is 2.53. The molecule has 0 fully saturated rings. The van der Waals surface area contributed by atoms with Crippen LogP contribution in [0.25, 0.3) is 0 Å². The number of para-hydroxylation sites is 1. The molecule has 0 atom stereocenters. The van der Waals surface area contributed by atoms with Gasteiger partial charge in [-0.3, -0.25) is 4.79 Å². The van der Waals surface area contributed by atoms with Crippen molar-refractivity contribution in [1.29, 1.82) is 0 Å². The molecule has 0 saturated heterocycles. The molecule has 0 amide bonds. The maximum atomic E-state index is 10.3. The molecular weight excluding hydrogens is 152 g/mol. The lowest BCUT2D eigenvalue weighted by Crippen LogP contribution is -1.88. The Balaban J connectivity index is 0.000000561. The first-order chi connectivity index (χ1) is 5.88. The number of aldehydes is 1. The van der Waals surface area contributed by atoms with E-state index in [9.17, 15) is 4.79 Å². The van der Waals surface area contributed by atoms with Gasteiger partial charge in [0.2, 0.25) is 0 Å². The van der Waals surface area contributed by atoms with Crippen LogP contribution in [0.1, 0.15) is 24.2 Å². The van der Waals surface area contributed by atoms with Crippen LogP contribution >= 0.6 is 0 Å². The summed E-state index contributed by atoms with van der Waals surface area (Å²) in [6.07, 6.45) is 0.777. The van der Waals surface area contributed by atoms with E-state index in [4.69, 9.17) is 4.74 Å². The molecular formula is C10H14O2. The van der Waals surface area contributed by atoms with E-state index in [1.165, 1.54) is 0 Å². The molecule has 0 N–H and O–H groups in total. The van der Waals surface area contributed by atoms with Crippen LogP contribution in [0.2, 0.25) is 0 Å². The molecule has 0 heterocycles. The summed E-state index contributed by atoms with van der Waals surface area (Å²) in [6.45, 7) is 4.00. The van der Waals surface area contributed by atoms with Crippen molar-refractivity contribution in [2.24, 2.45) is 0 Å². The molecule has 0 aromatic heterocycles. The zero-order valence-electron chi connectivity index (χ0n) is 7.70. The summed E-state index contributed by atoms with van der Waals surface area (Å²) >= 11 is 0. The average molecular weight is 166 g/mol. The van der Waals surface area contributed by atoms with Crippen LogP contribution in [0.4, 0.5) is 0 Å². The highest BCUT2D eigenvalue weighted by Crippen LogP contribution is 2.13. The molecule has 0 aliphatic heterocycles. The highest BCUT2D eigenvalue weighted by atomic mass is 16.5. The fourth-order valence-electron chi connectivity index (χ4n) is 0.764. The largest absolute Gasteiger partial charge is 0.496 e. The van der Waals surface area contributed by atoms with E-state index in [0.29, 0.717) is 11.3 Å². The second-order valence-corrected chi connectivity index (χ2v) is 1.86. The van der Waals surface area contributed by atoms with Gasteiger partial charge < -0.3 is 4.74 Å². The Morgan fingerprint density at radius 3 is 2.25 bits per heavy atom.